The van der Waals surface area contributed by atoms with Gasteiger partial charge in [0.1, 0.15) is 0 Å². The van der Waals surface area contributed by atoms with E-state index in [1.165, 1.54) is 18.4 Å². The third kappa shape index (κ3) is 6.48. The van der Waals surface area contributed by atoms with Crippen molar-refractivity contribution in [2.24, 2.45) is 4.99 Å². The van der Waals surface area contributed by atoms with Crippen LogP contribution in [-0.4, -0.2) is 35.6 Å². The van der Waals surface area contributed by atoms with Crippen molar-refractivity contribution >= 4 is 16.8 Å². The van der Waals surface area contributed by atoms with E-state index in [4.69, 9.17) is 0 Å². The van der Waals surface area contributed by atoms with Crippen LogP contribution in [0.1, 0.15) is 42.7 Å². The van der Waals surface area contributed by atoms with E-state index in [0.29, 0.717) is 30.0 Å². The van der Waals surface area contributed by atoms with Gasteiger partial charge in [-0.05, 0) is 42.7 Å². The predicted octanol–water partition coefficient (Wildman–Crippen LogP) is 3.83. The van der Waals surface area contributed by atoms with E-state index < -0.39 is 10.8 Å². The van der Waals surface area contributed by atoms with Crippen molar-refractivity contribution in [3.63, 3.8) is 0 Å². The second-order valence-corrected chi connectivity index (χ2v) is 8.95. The molecular weight excluding hydrogens is 366 g/mol. The minimum absolute atomic E-state index is 0.459. The standard InChI is InChI=1S/C23H31N3OS/c1-24-23(25-16-17-28(27)18-19-8-4-2-5-9-19)26-22-14-12-21(13-15-22)20-10-6-3-7-11-20/h2-11,21-22H,12-18H2,1H3,(H2,24,25,26). The summed E-state index contributed by atoms with van der Waals surface area (Å²) in [4.78, 5) is 4.34. The Bertz CT molecular complexity index is 756. The maximum atomic E-state index is 12.3. The molecule has 2 aromatic carbocycles. The maximum absolute atomic E-state index is 12.3. The van der Waals surface area contributed by atoms with Crippen molar-refractivity contribution in [2.45, 2.75) is 43.4 Å². The molecule has 1 aliphatic rings. The highest BCUT2D eigenvalue weighted by Crippen LogP contribution is 2.32. The van der Waals surface area contributed by atoms with E-state index in [-0.39, 0.29) is 0 Å². The molecule has 0 heterocycles. The van der Waals surface area contributed by atoms with E-state index in [9.17, 15) is 4.21 Å². The molecule has 1 unspecified atom stereocenters. The third-order valence-corrected chi connectivity index (χ3v) is 6.67. The summed E-state index contributed by atoms with van der Waals surface area (Å²) in [6.45, 7) is 0.665. The van der Waals surface area contributed by atoms with Gasteiger partial charge >= 0.3 is 0 Å². The highest BCUT2D eigenvalue weighted by Gasteiger charge is 2.22. The fourth-order valence-electron chi connectivity index (χ4n) is 3.80. The average Bonchev–Trinajstić information content (AvgIpc) is 2.75. The van der Waals surface area contributed by atoms with Gasteiger partial charge in [0, 0.05) is 41.9 Å². The number of nitrogens with zero attached hydrogens (tertiary/aromatic N) is 1. The number of nitrogens with one attached hydrogen (secondary N) is 2. The Morgan fingerprint density at radius 2 is 1.64 bits per heavy atom. The van der Waals surface area contributed by atoms with Crippen LogP contribution in [0.25, 0.3) is 0 Å². The lowest BCUT2D eigenvalue weighted by Gasteiger charge is -2.30. The molecule has 0 amide bonds. The highest BCUT2D eigenvalue weighted by atomic mass is 32.2. The Hall–Kier alpha value is -2.14. The number of rotatable bonds is 7. The summed E-state index contributed by atoms with van der Waals surface area (Å²) in [6.07, 6.45) is 4.72. The molecule has 0 aromatic heterocycles. The van der Waals surface area contributed by atoms with Crippen LogP contribution in [0, 0.1) is 0 Å². The lowest BCUT2D eigenvalue weighted by molar-refractivity contribution is 0.371. The summed E-state index contributed by atoms with van der Waals surface area (Å²) >= 11 is 0. The maximum Gasteiger partial charge on any atom is 0.191 e. The van der Waals surface area contributed by atoms with Gasteiger partial charge in [0.25, 0.3) is 0 Å². The summed E-state index contributed by atoms with van der Waals surface area (Å²) < 4.78 is 12.3. The molecule has 1 fully saturated rings. The molecule has 0 saturated heterocycles. The normalized spacial score (nSPS) is 21.1. The number of guanidine groups is 1. The second kappa shape index (κ2) is 11.0. The van der Waals surface area contributed by atoms with Crippen LogP contribution in [0.2, 0.25) is 0 Å². The van der Waals surface area contributed by atoms with Crippen molar-refractivity contribution in [1.29, 1.82) is 0 Å². The Balaban J connectivity index is 1.36. The zero-order valence-electron chi connectivity index (χ0n) is 16.6. The first-order valence-corrected chi connectivity index (χ1v) is 11.6. The molecule has 5 heteroatoms. The number of hydrogen-bond donors (Lipinski definition) is 2. The van der Waals surface area contributed by atoms with Crippen LogP contribution in [0.15, 0.2) is 65.7 Å². The molecule has 1 aliphatic carbocycles. The lowest BCUT2D eigenvalue weighted by atomic mass is 9.82. The zero-order chi connectivity index (χ0) is 19.6. The molecule has 1 saturated carbocycles. The molecule has 150 valence electrons. The van der Waals surface area contributed by atoms with Gasteiger partial charge in [-0.15, -0.1) is 0 Å². The molecule has 28 heavy (non-hydrogen) atoms. The van der Waals surface area contributed by atoms with Crippen molar-refractivity contribution in [1.82, 2.24) is 10.6 Å². The van der Waals surface area contributed by atoms with E-state index in [2.05, 4.69) is 46.0 Å². The molecule has 2 aromatic rings. The van der Waals surface area contributed by atoms with E-state index in [1.54, 1.807) is 7.05 Å². The molecular formula is C23H31N3OS. The van der Waals surface area contributed by atoms with Gasteiger partial charge in [-0.1, -0.05) is 60.7 Å². The fraction of sp³-hybridized carbons (Fsp3) is 0.435. The first-order valence-electron chi connectivity index (χ1n) is 10.2. The lowest BCUT2D eigenvalue weighted by Crippen LogP contribution is -2.45. The van der Waals surface area contributed by atoms with Gasteiger partial charge in [-0.2, -0.15) is 0 Å². The van der Waals surface area contributed by atoms with E-state index >= 15 is 0 Å². The van der Waals surface area contributed by atoms with Gasteiger partial charge in [0.15, 0.2) is 5.96 Å². The summed E-state index contributed by atoms with van der Waals surface area (Å²) in [6, 6.07) is 21.3. The molecule has 0 radical (unpaired) electrons. The topological polar surface area (TPSA) is 53.5 Å². The Kier molecular flexibility index (Phi) is 8.09. The Morgan fingerprint density at radius 1 is 1.00 bits per heavy atom. The third-order valence-electron chi connectivity index (χ3n) is 5.36. The summed E-state index contributed by atoms with van der Waals surface area (Å²) in [5.74, 6) is 2.73. The van der Waals surface area contributed by atoms with Crippen LogP contribution in [0.5, 0.6) is 0 Å². The molecule has 3 rings (SSSR count). The number of aliphatic imine (C=N–C) groups is 1. The Labute approximate surface area is 171 Å². The van der Waals surface area contributed by atoms with Gasteiger partial charge < -0.3 is 10.6 Å². The molecule has 4 nitrogen and oxygen atoms in total. The van der Waals surface area contributed by atoms with Crippen LogP contribution in [0.4, 0.5) is 0 Å². The van der Waals surface area contributed by atoms with E-state index in [0.717, 1.165) is 24.4 Å². The van der Waals surface area contributed by atoms with E-state index in [1.807, 2.05) is 30.3 Å². The predicted molar refractivity (Wildman–Crippen MR) is 119 cm³/mol. The first kappa shape index (κ1) is 20.6. The van der Waals surface area contributed by atoms with Gasteiger partial charge in [0.2, 0.25) is 0 Å². The highest BCUT2D eigenvalue weighted by molar-refractivity contribution is 7.84. The summed E-state index contributed by atoms with van der Waals surface area (Å²) in [5.41, 5.74) is 2.59. The smallest absolute Gasteiger partial charge is 0.191 e. The second-order valence-electron chi connectivity index (χ2n) is 7.38. The monoisotopic (exact) mass is 397 g/mol. The van der Waals surface area contributed by atoms with Gasteiger partial charge in [-0.25, -0.2) is 0 Å². The molecule has 2 N–H and O–H groups in total. The molecule has 0 bridgehead atoms. The SMILES string of the molecule is CN=C(NCCS(=O)Cc1ccccc1)NC1CCC(c2ccccc2)CC1. The summed E-state index contributed by atoms with van der Waals surface area (Å²) in [7, 11) is 0.930. The van der Waals surface area contributed by atoms with Crippen molar-refractivity contribution in [2.75, 3.05) is 19.3 Å². The Morgan fingerprint density at radius 3 is 2.29 bits per heavy atom. The average molecular weight is 398 g/mol. The van der Waals surface area contributed by atoms with Crippen LogP contribution < -0.4 is 10.6 Å². The number of hydrogen-bond acceptors (Lipinski definition) is 2. The van der Waals surface area contributed by atoms with Gasteiger partial charge in [-0.3, -0.25) is 9.20 Å². The van der Waals surface area contributed by atoms with Crippen LogP contribution >= 0.6 is 0 Å². The van der Waals surface area contributed by atoms with Crippen molar-refractivity contribution < 1.29 is 4.21 Å². The van der Waals surface area contributed by atoms with Crippen molar-refractivity contribution in [3.8, 4) is 0 Å². The summed E-state index contributed by atoms with van der Waals surface area (Å²) in [5, 5.41) is 6.86. The minimum atomic E-state index is -0.867. The number of benzene rings is 2. The first-order chi connectivity index (χ1) is 13.7. The van der Waals surface area contributed by atoms with Gasteiger partial charge in [0.05, 0.1) is 0 Å². The fourth-order valence-corrected chi connectivity index (χ4v) is 4.84. The van der Waals surface area contributed by atoms with Crippen molar-refractivity contribution in [3.05, 3.63) is 71.8 Å². The molecule has 1 atom stereocenters. The largest absolute Gasteiger partial charge is 0.355 e. The minimum Gasteiger partial charge on any atom is -0.355 e. The zero-order valence-corrected chi connectivity index (χ0v) is 17.5. The molecule has 0 aliphatic heterocycles. The molecule has 0 spiro atoms. The van der Waals surface area contributed by atoms with Crippen LogP contribution in [-0.2, 0) is 16.6 Å². The quantitative estimate of drug-likeness (QED) is 0.551. The van der Waals surface area contributed by atoms with Crippen LogP contribution in [0.3, 0.4) is 0 Å².